The summed E-state index contributed by atoms with van der Waals surface area (Å²) >= 11 is 0. The van der Waals surface area contributed by atoms with E-state index in [4.69, 9.17) is 9.05 Å². The van der Waals surface area contributed by atoms with Gasteiger partial charge < -0.3 is 28.8 Å². The highest BCUT2D eigenvalue weighted by atomic mass is 31.2. The number of nitrogens with zero attached hydrogens (tertiary/aromatic N) is 1. The van der Waals surface area contributed by atoms with Crippen molar-refractivity contribution in [2.24, 2.45) is 0 Å². The SMILES string of the molecule is CC/C=C\C/C=C\C/C=C\C/C=C\C/C=C\CCCC(=O)N[C@H](COP(=O)([O-])OCC[N+](C)(C)C)[C@@H](O)/C=C/CCCCCCCCCCCCC. The minimum atomic E-state index is -4.60. The maximum atomic E-state index is 12.8. The van der Waals surface area contributed by atoms with Crippen LogP contribution < -0.4 is 10.2 Å². The Bertz CT molecular complexity index is 1080. The lowest BCUT2D eigenvalue weighted by molar-refractivity contribution is -0.870. The van der Waals surface area contributed by atoms with Crippen LogP contribution >= 0.6 is 7.82 Å². The highest BCUT2D eigenvalue weighted by Gasteiger charge is 2.23. The molecule has 0 rings (SSSR count). The number of aliphatic hydroxyl groups excluding tert-OH is 1. The molecule has 8 nitrogen and oxygen atoms in total. The molecule has 3 atom stereocenters. The van der Waals surface area contributed by atoms with Gasteiger partial charge in [-0.05, 0) is 57.8 Å². The van der Waals surface area contributed by atoms with E-state index in [2.05, 4.69) is 79.9 Å². The zero-order valence-corrected chi connectivity index (χ0v) is 34.6. The number of nitrogens with one attached hydrogen (secondary N) is 1. The summed E-state index contributed by atoms with van der Waals surface area (Å²) in [5.74, 6) is -0.259. The van der Waals surface area contributed by atoms with Crippen LogP contribution in [0.4, 0.5) is 0 Å². The van der Waals surface area contributed by atoms with E-state index in [0.717, 1.165) is 57.8 Å². The van der Waals surface area contributed by atoms with Gasteiger partial charge in [0.1, 0.15) is 13.2 Å². The molecule has 9 heteroatoms. The number of hydrogen-bond acceptors (Lipinski definition) is 6. The Labute approximate surface area is 319 Å². The summed E-state index contributed by atoms with van der Waals surface area (Å²) in [6, 6.07) is -0.918. The molecule has 0 aliphatic heterocycles. The van der Waals surface area contributed by atoms with Crippen LogP contribution in [0.15, 0.2) is 72.9 Å². The Hall–Kier alpha value is -2.06. The molecule has 0 aliphatic rings. The van der Waals surface area contributed by atoms with E-state index in [0.29, 0.717) is 17.4 Å². The van der Waals surface area contributed by atoms with Crippen molar-refractivity contribution in [1.82, 2.24) is 5.32 Å². The highest BCUT2D eigenvalue weighted by Crippen LogP contribution is 2.38. The van der Waals surface area contributed by atoms with Crippen LogP contribution in [-0.4, -0.2) is 68.5 Å². The van der Waals surface area contributed by atoms with Gasteiger partial charge in [0.05, 0.1) is 39.9 Å². The third kappa shape index (κ3) is 36.3. The second-order valence-corrected chi connectivity index (χ2v) is 16.0. The lowest BCUT2D eigenvalue weighted by Crippen LogP contribution is -2.45. The normalized spacial score (nSPS) is 15.3. The molecule has 0 fully saturated rings. The summed E-state index contributed by atoms with van der Waals surface area (Å²) in [6.45, 7) is 4.45. The summed E-state index contributed by atoms with van der Waals surface area (Å²) in [4.78, 5) is 25.2. The Morgan fingerprint density at radius 2 is 1.17 bits per heavy atom. The first-order valence-corrected chi connectivity index (χ1v) is 21.8. The number of carbonyl (C=O) groups is 1. The number of unbranched alkanes of at least 4 members (excludes halogenated alkanes) is 12. The number of rotatable bonds is 35. The van der Waals surface area contributed by atoms with Crippen LogP contribution in [0, 0.1) is 0 Å². The van der Waals surface area contributed by atoms with Crippen LogP contribution in [0.5, 0.6) is 0 Å². The van der Waals surface area contributed by atoms with E-state index >= 15 is 0 Å². The Morgan fingerprint density at radius 3 is 1.69 bits per heavy atom. The van der Waals surface area contributed by atoms with E-state index in [-0.39, 0.29) is 18.9 Å². The number of allylic oxidation sites excluding steroid dienone is 11. The van der Waals surface area contributed by atoms with Crippen LogP contribution in [0.3, 0.4) is 0 Å². The molecule has 0 aromatic carbocycles. The van der Waals surface area contributed by atoms with E-state index in [1.54, 1.807) is 6.08 Å². The molecule has 0 aliphatic carbocycles. The maximum Gasteiger partial charge on any atom is 0.268 e. The van der Waals surface area contributed by atoms with Crippen molar-refractivity contribution in [1.29, 1.82) is 0 Å². The van der Waals surface area contributed by atoms with Gasteiger partial charge in [-0.15, -0.1) is 0 Å². The first-order chi connectivity index (χ1) is 25.0. The summed E-state index contributed by atoms with van der Waals surface area (Å²) in [7, 11) is 1.21. The van der Waals surface area contributed by atoms with Crippen LogP contribution in [0.1, 0.15) is 142 Å². The van der Waals surface area contributed by atoms with Gasteiger partial charge in [0.2, 0.25) is 5.91 Å². The molecule has 0 bridgehead atoms. The minimum Gasteiger partial charge on any atom is -0.756 e. The molecule has 1 unspecified atom stereocenters. The molecule has 0 saturated heterocycles. The molecule has 0 spiro atoms. The van der Waals surface area contributed by atoms with Crippen molar-refractivity contribution in [3.63, 3.8) is 0 Å². The predicted octanol–water partition coefficient (Wildman–Crippen LogP) is 10.2. The van der Waals surface area contributed by atoms with Gasteiger partial charge in [-0.2, -0.15) is 0 Å². The fourth-order valence-corrected chi connectivity index (χ4v) is 5.91. The quantitative estimate of drug-likeness (QED) is 0.0289. The van der Waals surface area contributed by atoms with Crippen molar-refractivity contribution in [2.45, 2.75) is 154 Å². The molecule has 0 saturated carbocycles. The van der Waals surface area contributed by atoms with Gasteiger partial charge in [0.25, 0.3) is 7.82 Å². The summed E-state index contributed by atoms with van der Waals surface area (Å²) in [5.41, 5.74) is 0. The standard InChI is InChI=1S/C43H77N2O6P/c1-6-8-10-12-14-16-18-20-21-22-23-25-27-29-31-33-35-37-43(47)44-41(40-51-52(48,49)50-39-38-45(3,4)5)42(46)36-34-32-30-28-26-24-19-17-15-13-11-9-7-2/h8,10,14,16,20-21,23,25,29,31,34,36,41-42,46H,6-7,9,11-13,15,17-19,22,24,26-28,30,32-33,35,37-40H2,1-5H3,(H-,44,47,48,49)/b10-8-,16-14-,21-20-,25-23-,31-29-,36-34+/t41-,42+/m1/s1. The van der Waals surface area contributed by atoms with Crippen molar-refractivity contribution >= 4 is 13.7 Å². The smallest absolute Gasteiger partial charge is 0.268 e. The fourth-order valence-electron chi connectivity index (χ4n) is 5.19. The lowest BCUT2D eigenvalue weighted by Gasteiger charge is -2.29. The first-order valence-electron chi connectivity index (χ1n) is 20.3. The summed E-state index contributed by atoms with van der Waals surface area (Å²) in [5, 5.41) is 13.7. The number of aliphatic hydroxyl groups is 1. The molecular formula is C43H77N2O6P. The molecule has 2 N–H and O–H groups in total. The van der Waals surface area contributed by atoms with E-state index < -0.39 is 26.6 Å². The van der Waals surface area contributed by atoms with Gasteiger partial charge in [-0.3, -0.25) is 9.36 Å². The number of phosphoric ester groups is 1. The largest absolute Gasteiger partial charge is 0.756 e. The molecule has 0 heterocycles. The van der Waals surface area contributed by atoms with Gasteiger partial charge in [0, 0.05) is 6.42 Å². The highest BCUT2D eigenvalue weighted by molar-refractivity contribution is 7.45. The van der Waals surface area contributed by atoms with Crippen LogP contribution in [-0.2, 0) is 18.4 Å². The fraction of sp³-hybridized carbons (Fsp3) is 0.698. The molecular weight excluding hydrogens is 671 g/mol. The Kier molecular flexibility index (Phi) is 33.3. The van der Waals surface area contributed by atoms with Crippen LogP contribution in [0.25, 0.3) is 0 Å². The van der Waals surface area contributed by atoms with Gasteiger partial charge in [0.15, 0.2) is 0 Å². The molecule has 52 heavy (non-hydrogen) atoms. The molecule has 300 valence electrons. The van der Waals surface area contributed by atoms with Crippen LogP contribution in [0.2, 0.25) is 0 Å². The summed E-state index contributed by atoms with van der Waals surface area (Å²) in [6.07, 6.45) is 45.2. The second-order valence-electron chi connectivity index (χ2n) is 14.6. The average molecular weight is 749 g/mol. The maximum absolute atomic E-state index is 12.8. The molecule has 1 amide bonds. The van der Waals surface area contributed by atoms with Crippen molar-refractivity contribution in [3.05, 3.63) is 72.9 Å². The monoisotopic (exact) mass is 749 g/mol. The zero-order valence-electron chi connectivity index (χ0n) is 33.7. The number of hydrogen-bond donors (Lipinski definition) is 2. The minimum absolute atomic E-state index is 0.0154. The van der Waals surface area contributed by atoms with Crippen molar-refractivity contribution in [3.8, 4) is 0 Å². The van der Waals surface area contributed by atoms with Gasteiger partial charge >= 0.3 is 0 Å². The first kappa shape index (κ1) is 49.9. The van der Waals surface area contributed by atoms with Gasteiger partial charge in [-0.25, -0.2) is 0 Å². The number of amides is 1. The third-order valence-electron chi connectivity index (χ3n) is 8.42. The Morgan fingerprint density at radius 1 is 0.692 bits per heavy atom. The van der Waals surface area contributed by atoms with E-state index in [1.165, 1.54) is 57.8 Å². The number of phosphoric acid groups is 1. The Balaban J connectivity index is 4.62. The molecule has 0 radical (unpaired) electrons. The zero-order chi connectivity index (χ0) is 38.6. The van der Waals surface area contributed by atoms with Crippen molar-refractivity contribution in [2.75, 3.05) is 40.9 Å². The van der Waals surface area contributed by atoms with Crippen molar-refractivity contribution < 1.29 is 32.9 Å². The van der Waals surface area contributed by atoms with E-state index in [9.17, 15) is 19.4 Å². The number of likely N-dealkylation sites (N-methyl/N-ethyl adjacent to an activating group) is 1. The average Bonchev–Trinajstić information content (AvgIpc) is 3.09. The predicted molar refractivity (Wildman–Crippen MR) is 219 cm³/mol. The number of quaternary nitrogens is 1. The lowest BCUT2D eigenvalue weighted by atomic mass is 10.0. The van der Waals surface area contributed by atoms with E-state index in [1.807, 2.05) is 27.2 Å². The molecule has 0 aromatic rings. The summed E-state index contributed by atoms with van der Waals surface area (Å²) < 4.78 is 23.1. The number of carbonyl (C=O) groups excluding carboxylic acids is 1. The topological polar surface area (TPSA) is 108 Å². The molecule has 0 aromatic heterocycles. The van der Waals surface area contributed by atoms with Gasteiger partial charge in [-0.1, -0.05) is 151 Å². The third-order valence-corrected chi connectivity index (χ3v) is 9.39. The second kappa shape index (κ2) is 34.7.